The standard InChI is InChI=1S/C17H15FN2O2/c1-3-10-8-9-20-17-13(10)14(16(21)19-2)15(22-17)11-4-6-12(18)7-5-11/h4-9H,3H2,1-2H3,(H,19,21). The third-order valence-electron chi connectivity index (χ3n) is 3.62. The molecule has 0 aliphatic carbocycles. The highest BCUT2D eigenvalue weighted by Crippen LogP contribution is 2.34. The minimum Gasteiger partial charge on any atom is -0.437 e. The number of carbonyl (C=O) groups is 1. The van der Waals surface area contributed by atoms with Crippen molar-refractivity contribution in [2.45, 2.75) is 13.3 Å². The molecule has 0 aliphatic rings. The summed E-state index contributed by atoms with van der Waals surface area (Å²) < 4.78 is 18.9. The van der Waals surface area contributed by atoms with E-state index in [4.69, 9.17) is 4.42 Å². The zero-order valence-electron chi connectivity index (χ0n) is 12.3. The van der Waals surface area contributed by atoms with Crippen LogP contribution in [0, 0.1) is 5.82 Å². The molecular weight excluding hydrogens is 283 g/mol. The summed E-state index contributed by atoms with van der Waals surface area (Å²) >= 11 is 0. The predicted molar refractivity (Wildman–Crippen MR) is 82.2 cm³/mol. The van der Waals surface area contributed by atoms with E-state index in [0.717, 1.165) is 12.0 Å². The van der Waals surface area contributed by atoms with Gasteiger partial charge in [-0.05, 0) is 42.3 Å². The van der Waals surface area contributed by atoms with Crippen molar-refractivity contribution < 1.29 is 13.6 Å². The molecule has 0 radical (unpaired) electrons. The molecule has 0 unspecified atom stereocenters. The quantitative estimate of drug-likeness (QED) is 0.804. The van der Waals surface area contributed by atoms with Gasteiger partial charge in [-0.3, -0.25) is 4.79 Å². The maximum absolute atomic E-state index is 13.1. The molecule has 2 aromatic heterocycles. The summed E-state index contributed by atoms with van der Waals surface area (Å²) in [4.78, 5) is 16.6. The van der Waals surface area contributed by atoms with Crippen LogP contribution in [-0.4, -0.2) is 17.9 Å². The van der Waals surface area contributed by atoms with Crippen LogP contribution in [0.3, 0.4) is 0 Å². The highest BCUT2D eigenvalue weighted by Gasteiger charge is 2.23. The van der Waals surface area contributed by atoms with E-state index in [-0.39, 0.29) is 11.7 Å². The first-order chi connectivity index (χ1) is 10.7. The Balaban J connectivity index is 2.34. The van der Waals surface area contributed by atoms with Crippen LogP contribution in [0.5, 0.6) is 0 Å². The topological polar surface area (TPSA) is 55.1 Å². The molecule has 1 N–H and O–H groups in total. The van der Waals surface area contributed by atoms with Gasteiger partial charge in [-0.25, -0.2) is 9.37 Å². The smallest absolute Gasteiger partial charge is 0.255 e. The molecular formula is C17H15FN2O2. The van der Waals surface area contributed by atoms with Gasteiger partial charge < -0.3 is 9.73 Å². The number of furan rings is 1. The van der Waals surface area contributed by atoms with E-state index in [1.165, 1.54) is 12.1 Å². The molecule has 0 aliphatic heterocycles. The lowest BCUT2D eigenvalue weighted by Crippen LogP contribution is -2.18. The normalized spacial score (nSPS) is 10.9. The lowest BCUT2D eigenvalue weighted by Gasteiger charge is -2.04. The largest absolute Gasteiger partial charge is 0.437 e. The molecule has 0 atom stereocenters. The number of carbonyl (C=O) groups excluding carboxylic acids is 1. The van der Waals surface area contributed by atoms with Gasteiger partial charge in [-0.1, -0.05) is 6.92 Å². The fourth-order valence-corrected chi connectivity index (χ4v) is 2.53. The Morgan fingerprint density at radius 3 is 2.64 bits per heavy atom. The van der Waals surface area contributed by atoms with Gasteiger partial charge in [0, 0.05) is 18.8 Å². The van der Waals surface area contributed by atoms with Gasteiger partial charge in [0.15, 0.2) is 0 Å². The fraction of sp³-hybridized carbons (Fsp3) is 0.176. The van der Waals surface area contributed by atoms with Gasteiger partial charge in [0.1, 0.15) is 11.6 Å². The number of benzene rings is 1. The zero-order valence-corrected chi connectivity index (χ0v) is 12.3. The molecule has 0 spiro atoms. The van der Waals surface area contributed by atoms with Crippen LogP contribution in [0.4, 0.5) is 4.39 Å². The second-order valence-electron chi connectivity index (χ2n) is 4.90. The van der Waals surface area contributed by atoms with Crippen molar-refractivity contribution in [1.82, 2.24) is 10.3 Å². The second-order valence-corrected chi connectivity index (χ2v) is 4.90. The van der Waals surface area contributed by atoms with Gasteiger partial charge in [-0.2, -0.15) is 0 Å². The number of nitrogens with zero attached hydrogens (tertiary/aromatic N) is 1. The number of rotatable bonds is 3. The molecule has 5 heteroatoms. The minimum absolute atomic E-state index is 0.249. The fourth-order valence-electron chi connectivity index (χ4n) is 2.53. The van der Waals surface area contributed by atoms with E-state index in [0.29, 0.717) is 28.0 Å². The van der Waals surface area contributed by atoms with Crippen molar-refractivity contribution in [2.24, 2.45) is 0 Å². The molecule has 112 valence electrons. The monoisotopic (exact) mass is 298 g/mol. The summed E-state index contributed by atoms with van der Waals surface area (Å²) in [6.07, 6.45) is 2.41. The van der Waals surface area contributed by atoms with Crippen LogP contribution >= 0.6 is 0 Å². The van der Waals surface area contributed by atoms with Crippen molar-refractivity contribution >= 4 is 17.0 Å². The van der Waals surface area contributed by atoms with E-state index >= 15 is 0 Å². The van der Waals surface area contributed by atoms with E-state index < -0.39 is 0 Å². The summed E-state index contributed by atoms with van der Waals surface area (Å²) in [6.45, 7) is 2.01. The van der Waals surface area contributed by atoms with Crippen LogP contribution in [-0.2, 0) is 6.42 Å². The molecule has 2 heterocycles. The molecule has 4 nitrogen and oxygen atoms in total. The first-order valence-corrected chi connectivity index (χ1v) is 7.04. The molecule has 0 saturated heterocycles. The minimum atomic E-state index is -0.339. The van der Waals surface area contributed by atoms with E-state index in [2.05, 4.69) is 10.3 Å². The summed E-state index contributed by atoms with van der Waals surface area (Å²) in [5, 5.41) is 3.34. The Bertz CT molecular complexity index is 838. The van der Waals surface area contributed by atoms with Crippen molar-refractivity contribution in [2.75, 3.05) is 7.05 Å². The summed E-state index contributed by atoms with van der Waals surface area (Å²) in [5.41, 5.74) is 2.48. The van der Waals surface area contributed by atoms with Gasteiger partial charge in [0.25, 0.3) is 5.91 Å². The zero-order chi connectivity index (χ0) is 15.7. The van der Waals surface area contributed by atoms with Crippen LogP contribution < -0.4 is 5.32 Å². The SMILES string of the molecule is CCc1ccnc2oc(-c3ccc(F)cc3)c(C(=O)NC)c12. The number of pyridine rings is 1. The number of fused-ring (bicyclic) bond motifs is 1. The number of nitrogens with one attached hydrogen (secondary N) is 1. The van der Waals surface area contributed by atoms with E-state index in [1.54, 1.807) is 25.4 Å². The molecule has 22 heavy (non-hydrogen) atoms. The molecule has 0 bridgehead atoms. The van der Waals surface area contributed by atoms with Gasteiger partial charge in [0.2, 0.25) is 5.71 Å². The Kier molecular flexibility index (Phi) is 3.63. The highest BCUT2D eigenvalue weighted by atomic mass is 19.1. The van der Waals surface area contributed by atoms with Gasteiger partial charge in [-0.15, -0.1) is 0 Å². The molecule has 0 saturated carbocycles. The molecule has 1 amide bonds. The summed E-state index contributed by atoms with van der Waals surface area (Å²) in [5.74, 6) is -0.183. The number of hydrogen-bond donors (Lipinski definition) is 1. The first kappa shape index (κ1) is 14.3. The van der Waals surface area contributed by atoms with Gasteiger partial charge in [0.05, 0.1) is 10.9 Å². The maximum atomic E-state index is 13.1. The molecule has 3 rings (SSSR count). The van der Waals surface area contributed by atoms with E-state index in [9.17, 15) is 9.18 Å². The number of aromatic nitrogens is 1. The third kappa shape index (κ3) is 2.24. The van der Waals surface area contributed by atoms with Crippen molar-refractivity contribution in [1.29, 1.82) is 0 Å². The summed E-state index contributed by atoms with van der Waals surface area (Å²) in [6, 6.07) is 7.73. The Morgan fingerprint density at radius 2 is 2.00 bits per heavy atom. The second kappa shape index (κ2) is 5.60. The van der Waals surface area contributed by atoms with Crippen LogP contribution in [0.25, 0.3) is 22.4 Å². The average molecular weight is 298 g/mol. The number of hydrogen-bond acceptors (Lipinski definition) is 3. The van der Waals surface area contributed by atoms with Crippen molar-refractivity contribution in [3.63, 3.8) is 0 Å². The van der Waals surface area contributed by atoms with Gasteiger partial charge >= 0.3 is 0 Å². The lowest BCUT2D eigenvalue weighted by molar-refractivity contribution is 0.0964. The number of amides is 1. The third-order valence-corrected chi connectivity index (χ3v) is 3.62. The number of aryl methyl sites for hydroxylation is 1. The van der Waals surface area contributed by atoms with Crippen LogP contribution in [0.1, 0.15) is 22.8 Å². The van der Waals surface area contributed by atoms with E-state index in [1.807, 2.05) is 13.0 Å². The molecule has 0 fully saturated rings. The average Bonchev–Trinajstić information content (AvgIpc) is 2.94. The number of halogens is 1. The highest BCUT2D eigenvalue weighted by molar-refractivity contribution is 6.11. The maximum Gasteiger partial charge on any atom is 0.255 e. The Hall–Kier alpha value is -2.69. The molecule has 1 aromatic carbocycles. The van der Waals surface area contributed by atoms with Crippen molar-refractivity contribution in [3.05, 3.63) is 53.5 Å². The summed E-state index contributed by atoms with van der Waals surface area (Å²) in [7, 11) is 1.57. The van der Waals surface area contributed by atoms with Crippen molar-refractivity contribution in [3.8, 4) is 11.3 Å². The molecule has 3 aromatic rings. The Morgan fingerprint density at radius 1 is 1.27 bits per heavy atom. The predicted octanol–water partition coefficient (Wildman–Crippen LogP) is 3.56. The van der Waals surface area contributed by atoms with Crippen LogP contribution in [0.15, 0.2) is 40.9 Å². The first-order valence-electron chi connectivity index (χ1n) is 7.04. The Labute approximate surface area is 127 Å². The van der Waals surface area contributed by atoms with Crippen LogP contribution in [0.2, 0.25) is 0 Å². The lowest BCUT2D eigenvalue weighted by atomic mass is 10.0.